The van der Waals surface area contributed by atoms with Gasteiger partial charge in [0.1, 0.15) is 17.5 Å². The normalized spacial score (nSPS) is 35.8. The van der Waals surface area contributed by atoms with Crippen LogP contribution in [0.1, 0.15) is 71.3 Å². The van der Waals surface area contributed by atoms with Crippen LogP contribution >= 0.6 is 0 Å². The lowest BCUT2D eigenvalue weighted by Gasteiger charge is -2.48. The van der Waals surface area contributed by atoms with Crippen LogP contribution in [0.25, 0.3) is 0 Å². The number of ketones is 1. The van der Waals surface area contributed by atoms with Crippen molar-refractivity contribution in [2.75, 3.05) is 6.54 Å². The third kappa shape index (κ3) is 4.09. The fraction of sp³-hybridized carbons (Fsp3) is 0.571. The van der Waals surface area contributed by atoms with E-state index in [0.717, 1.165) is 29.7 Å². The van der Waals surface area contributed by atoms with Crippen LogP contribution in [-0.4, -0.2) is 40.9 Å². The zero-order chi connectivity index (χ0) is 25.0. The number of pyridine rings is 1. The number of nitrogens with zero attached hydrogens (tertiary/aromatic N) is 1. The number of fused-ring (bicyclic) bond motifs is 3. The summed E-state index contributed by atoms with van der Waals surface area (Å²) in [5, 5.41) is 2.84. The first-order valence-electron chi connectivity index (χ1n) is 12.6. The highest BCUT2D eigenvalue weighted by Gasteiger charge is 2.64. The van der Waals surface area contributed by atoms with E-state index in [1.807, 2.05) is 19.2 Å². The summed E-state index contributed by atoms with van der Waals surface area (Å²) in [6.07, 6.45) is 9.06. The minimum atomic E-state index is -0.682. The third-order valence-corrected chi connectivity index (χ3v) is 8.61. The largest absolute Gasteiger partial charge is 0.489 e. The van der Waals surface area contributed by atoms with Crippen molar-refractivity contribution in [2.45, 2.75) is 77.4 Å². The predicted molar refractivity (Wildman–Crippen MR) is 129 cm³/mol. The molecular formula is C28H34N2O5. The van der Waals surface area contributed by atoms with Gasteiger partial charge in [-0.3, -0.25) is 19.4 Å². The molecule has 1 amide bonds. The van der Waals surface area contributed by atoms with Crippen LogP contribution in [0.5, 0.6) is 0 Å². The quantitative estimate of drug-likeness (QED) is 0.658. The Morgan fingerprint density at radius 3 is 2.74 bits per heavy atom. The average molecular weight is 479 g/mol. The maximum absolute atomic E-state index is 13.0. The van der Waals surface area contributed by atoms with E-state index < -0.39 is 5.60 Å². The SMILES string of the molecule is CC(=O)NCC1CC(=O)C2=C(C1)O[C@@H]1C(=C2)CC[C@@]2(C)[C@H]1CC(C)(OC(C)=O)[C@@H]2c1cccnc1. The molecule has 1 aromatic rings. The zero-order valence-electron chi connectivity index (χ0n) is 20.9. The second-order valence-electron chi connectivity index (χ2n) is 11.2. The smallest absolute Gasteiger partial charge is 0.303 e. The van der Waals surface area contributed by atoms with Crippen molar-refractivity contribution in [3.8, 4) is 0 Å². The number of esters is 1. The summed E-state index contributed by atoms with van der Waals surface area (Å²) >= 11 is 0. The summed E-state index contributed by atoms with van der Waals surface area (Å²) in [5.41, 5.74) is 2.09. The first-order valence-corrected chi connectivity index (χ1v) is 12.6. The van der Waals surface area contributed by atoms with E-state index in [1.54, 1.807) is 6.20 Å². The van der Waals surface area contributed by atoms with E-state index in [2.05, 4.69) is 29.4 Å². The Morgan fingerprint density at radius 2 is 2.06 bits per heavy atom. The average Bonchev–Trinajstić information content (AvgIpc) is 3.03. The number of nitrogens with one attached hydrogen (secondary N) is 1. The lowest BCUT2D eigenvalue weighted by atomic mass is 9.60. The van der Waals surface area contributed by atoms with Crippen molar-refractivity contribution in [1.29, 1.82) is 0 Å². The van der Waals surface area contributed by atoms with Gasteiger partial charge in [0.15, 0.2) is 5.78 Å². The third-order valence-electron chi connectivity index (χ3n) is 8.61. The van der Waals surface area contributed by atoms with E-state index in [0.29, 0.717) is 31.4 Å². The highest BCUT2D eigenvalue weighted by atomic mass is 16.6. The van der Waals surface area contributed by atoms with Crippen molar-refractivity contribution in [2.24, 2.45) is 17.3 Å². The summed E-state index contributed by atoms with van der Waals surface area (Å²) in [6, 6.07) is 4.01. The van der Waals surface area contributed by atoms with Crippen LogP contribution in [0.4, 0.5) is 0 Å². The molecule has 4 aliphatic rings. The molecule has 0 spiro atoms. The van der Waals surface area contributed by atoms with Gasteiger partial charge in [0, 0.05) is 57.5 Å². The molecule has 2 heterocycles. The van der Waals surface area contributed by atoms with E-state index in [-0.39, 0.29) is 46.9 Å². The van der Waals surface area contributed by atoms with Gasteiger partial charge in [0.25, 0.3) is 0 Å². The minimum Gasteiger partial charge on any atom is -0.489 e. The lowest BCUT2D eigenvalue weighted by molar-refractivity contribution is -0.157. The lowest BCUT2D eigenvalue weighted by Crippen LogP contribution is -2.44. The highest BCUT2D eigenvalue weighted by Crippen LogP contribution is 2.66. The second kappa shape index (κ2) is 8.61. The van der Waals surface area contributed by atoms with Gasteiger partial charge in [-0.05, 0) is 60.8 Å². The maximum atomic E-state index is 13.0. The number of allylic oxidation sites excluding steroid dienone is 3. The summed E-state index contributed by atoms with van der Waals surface area (Å²) < 4.78 is 12.7. The molecule has 7 heteroatoms. The molecule has 1 aliphatic heterocycles. The van der Waals surface area contributed by atoms with E-state index in [9.17, 15) is 14.4 Å². The molecule has 1 aromatic heterocycles. The van der Waals surface area contributed by atoms with Gasteiger partial charge in [-0.15, -0.1) is 0 Å². The molecule has 3 aliphatic carbocycles. The van der Waals surface area contributed by atoms with Crippen molar-refractivity contribution < 1.29 is 23.9 Å². The number of rotatable bonds is 4. The van der Waals surface area contributed by atoms with Gasteiger partial charge in [0.05, 0.1) is 5.57 Å². The molecule has 2 saturated carbocycles. The molecule has 7 nitrogen and oxygen atoms in total. The van der Waals surface area contributed by atoms with Gasteiger partial charge in [-0.1, -0.05) is 13.0 Å². The summed E-state index contributed by atoms with van der Waals surface area (Å²) in [5.74, 6) is 0.597. The van der Waals surface area contributed by atoms with Crippen molar-refractivity contribution in [3.05, 3.63) is 53.1 Å². The van der Waals surface area contributed by atoms with Crippen LogP contribution in [-0.2, 0) is 23.9 Å². The minimum absolute atomic E-state index is 0.0152. The molecule has 35 heavy (non-hydrogen) atoms. The maximum Gasteiger partial charge on any atom is 0.303 e. The van der Waals surface area contributed by atoms with E-state index in [1.165, 1.54) is 13.8 Å². The fourth-order valence-corrected chi connectivity index (χ4v) is 7.33. The molecule has 0 aromatic carbocycles. The Bertz CT molecular complexity index is 1130. The van der Waals surface area contributed by atoms with Crippen LogP contribution < -0.4 is 5.32 Å². The molecule has 0 saturated heterocycles. The van der Waals surface area contributed by atoms with Gasteiger partial charge in [-0.2, -0.15) is 0 Å². The molecule has 0 radical (unpaired) electrons. The Morgan fingerprint density at radius 1 is 1.26 bits per heavy atom. The van der Waals surface area contributed by atoms with Crippen LogP contribution in [0.2, 0.25) is 0 Å². The number of hydrogen-bond acceptors (Lipinski definition) is 6. The monoisotopic (exact) mass is 478 g/mol. The Hall–Kier alpha value is -2.96. The Kier molecular flexibility index (Phi) is 5.85. The van der Waals surface area contributed by atoms with Crippen molar-refractivity contribution in [1.82, 2.24) is 10.3 Å². The van der Waals surface area contributed by atoms with E-state index >= 15 is 0 Å². The van der Waals surface area contributed by atoms with Crippen LogP contribution in [0.15, 0.2) is 47.5 Å². The molecule has 1 N–H and O–H groups in total. The first-order chi connectivity index (χ1) is 16.6. The highest BCUT2D eigenvalue weighted by molar-refractivity contribution is 6.00. The number of hydrogen-bond donors (Lipinski definition) is 1. The molecule has 0 bridgehead atoms. The summed E-state index contributed by atoms with van der Waals surface area (Å²) in [6.45, 7) is 7.76. The van der Waals surface area contributed by atoms with Gasteiger partial charge in [-0.25, -0.2) is 0 Å². The Balaban J connectivity index is 1.48. The number of carbonyl (C=O) groups is 3. The number of ether oxygens (including phenoxy) is 2. The molecule has 6 atom stereocenters. The van der Waals surface area contributed by atoms with Crippen molar-refractivity contribution in [3.63, 3.8) is 0 Å². The van der Waals surface area contributed by atoms with Crippen LogP contribution in [0.3, 0.4) is 0 Å². The molecule has 186 valence electrons. The summed E-state index contributed by atoms with van der Waals surface area (Å²) in [4.78, 5) is 40.9. The number of Topliss-reactive ketones (excluding diaryl/α,β-unsaturated/α-hetero) is 1. The topological polar surface area (TPSA) is 94.6 Å². The molecule has 2 fully saturated rings. The second-order valence-corrected chi connectivity index (χ2v) is 11.2. The zero-order valence-corrected chi connectivity index (χ0v) is 20.9. The first kappa shape index (κ1) is 23.8. The molecule has 2 unspecified atom stereocenters. The van der Waals surface area contributed by atoms with E-state index in [4.69, 9.17) is 9.47 Å². The van der Waals surface area contributed by atoms with Gasteiger partial charge in [0.2, 0.25) is 5.91 Å². The number of carbonyl (C=O) groups excluding carboxylic acids is 3. The molecular weight excluding hydrogens is 444 g/mol. The van der Waals surface area contributed by atoms with Gasteiger partial charge >= 0.3 is 5.97 Å². The van der Waals surface area contributed by atoms with Crippen molar-refractivity contribution >= 4 is 17.7 Å². The molecule has 5 rings (SSSR count). The summed E-state index contributed by atoms with van der Waals surface area (Å²) in [7, 11) is 0. The number of aromatic nitrogens is 1. The van der Waals surface area contributed by atoms with Gasteiger partial charge < -0.3 is 14.8 Å². The van der Waals surface area contributed by atoms with Crippen LogP contribution in [0, 0.1) is 17.3 Å². The fourth-order valence-electron chi connectivity index (χ4n) is 7.33. The predicted octanol–water partition coefficient (Wildman–Crippen LogP) is 4.00. The standard InChI is InChI=1S/C28H34N2O5/c1-16(31)30-14-18-10-23(33)21-12-19-7-8-27(3)22(25(19)34-24(21)11-18)13-28(4,35-17(2)32)26(27)20-6-5-9-29-15-20/h5-6,9,12,15,18,22,25-26H,7-8,10-11,13-14H2,1-4H3,(H,30,31)/t18?,22-,25+,26+,27-,28?/m0/s1. The Labute approximate surface area is 206 Å². The number of amides is 1.